The molecule has 0 fully saturated rings. The molecule has 0 spiro atoms. The van der Waals surface area contributed by atoms with E-state index in [2.05, 4.69) is 5.32 Å². The molecule has 0 aromatic heterocycles. The fourth-order valence-electron chi connectivity index (χ4n) is 1.66. The molecule has 0 amide bonds. The highest BCUT2D eigenvalue weighted by molar-refractivity contribution is 6.18. The number of anilines is 1. The van der Waals surface area contributed by atoms with E-state index >= 15 is 0 Å². The van der Waals surface area contributed by atoms with E-state index in [1.54, 1.807) is 40.0 Å². The lowest BCUT2D eigenvalue weighted by Crippen LogP contribution is -2.21. The second-order valence-corrected chi connectivity index (χ2v) is 4.64. The summed E-state index contributed by atoms with van der Waals surface area (Å²) in [7, 11) is 1.55. The standard InChI is InChI=1S/C16H21NO4/c1-5-21-16(19)12(15(18)11(2)3)10-17-13-8-6-7-9-14(13)20-4/h6-11,17H,5H2,1-4H3/b12-10-. The van der Waals surface area contributed by atoms with Crippen LogP contribution in [0.1, 0.15) is 20.8 Å². The van der Waals surface area contributed by atoms with Gasteiger partial charge in [-0.25, -0.2) is 4.79 Å². The number of carbonyl (C=O) groups excluding carboxylic acids is 2. The summed E-state index contributed by atoms with van der Waals surface area (Å²) in [6, 6.07) is 7.23. The molecule has 0 aliphatic rings. The highest BCUT2D eigenvalue weighted by Crippen LogP contribution is 2.23. The average Bonchev–Trinajstić information content (AvgIpc) is 2.47. The highest BCUT2D eigenvalue weighted by atomic mass is 16.5. The summed E-state index contributed by atoms with van der Waals surface area (Å²) in [6.45, 7) is 5.39. The number of ketones is 1. The minimum Gasteiger partial charge on any atom is -0.495 e. The first-order chi connectivity index (χ1) is 10.0. The van der Waals surface area contributed by atoms with Crippen LogP contribution in [0.15, 0.2) is 36.0 Å². The number of para-hydroxylation sites is 2. The van der Waals surface area contributed by atoms with Gasteiger partial charge in [0.15, 0.2) is 5.78 Å². The molecule has 0 bridgehead atoms. The van der Waals surface area contributed by atoms with Gasteiger partial charge in [-0.2, -0.15) is 0 Å². The number of methoxy groups -OCH3 is 1. The molecule has 114 valence electrons. The van der Waals surface area contributed by atoms with Crippen LogP contribution in [-0.2, 0) is 14.3 Å². The molecule has 1 rings (SSSR count). The number of benzene rings is 1. The second kappa shape index (κ2) is 8.09. The SMILES string of the molecule is CCOC(=O)/C(=C\Nc1ccccc1OC)C(=O)C(C)C. The van der Waals surface area contributed by atoms with Gasteiger partial charge in [0.2, 0.25) is 0 Å². The third kappa shape index (κ3) is 4.63. The van der Waals surface area contributed by atoms with Crippen LogP contribution in [-0.4, -0.2) is 25.5 Å². The maximum atomic E-state index is 12.1. The highest BCUT2D eigenvalue weighted by Gasteiger charge is 2.22. The van der Waals surface area contributed by atoms with Gasteiger partial charge in [-0.05, 0) is 19.1 Å². The van der Waals surface area contributed by atoms with Crippen molar-refractivity contribution in [2.75, 3.05) is 19.0 Å². The summed E-state index contributed by atoms with van der Waals surface area (Å²) < 4.78 is 10.1. The fraction of sp³-hybridized carbons (Fsp3) is 0.375. The van der Waals surface area contributed by atoms with E-state index in [9.17, 15) is 9.59 Å². The zero-order valence-electron chi connectivity index (χ0n) is 12.8. The number of rotatable bonds is 7. The Balaban J connectivity index is 3.03. The Morgan fingerprint density at radius 3 is 2.52 bits per heavy atom. The van der Waals surface area contributed by atoms with E-state index in [1.807, 2.05) is 12.1 Å². The maximum Gasteiger partial charge on any atom is 0.343 e. The van der Waals surface area contributed by atoms with E-state index in [4.69, 9.17) is 9.47 Å². The number of nitrogens with one attached hydrogen (secondary N) is 1. The third-order valence-electron chi connectivity index (χ3n) is 2.76. The fourth-order valence-corrected chi connectivity index (χ4v) is 1.66. The van der Waals surface area contributed by atoms with Crippen molar-refractivity contribution in [3.8, 4) is 5.75 Å². The molecule has 21 heavy (non-hydrogen) atoms. The topological polar surface area (TPSA) is 64.6 Å². The normalized spacial score (nSPS) is 11.2. The first-order valence-corrected chi connectivity index (χ1v) is 6.82. The van der Waals surface area contributed by atoms with Crippen molar-refractivity contribution in [2.45, 2.75) is 20.8 Å². The molecule has 5 nitrogen and oxygen atoms in total. The van der Waals surface area contributed by atoms with E-state index in [0.29, 0.717) is 11.4 Å². The summed E-state index contributed by atoms with van der Waals surface area (Å²) in [4.78, 5) is 24.0. The van der Waals surface area contributed by atoms with Gasteiger partial charge in [0.25, 0.3) is 0 Å². The van der Waals surface area contributed by atoms with Crippen LogP contribution in [0.2, 0.25) is 0 Å². The molecule has 0 unspecified atom stereocenters. The molecular weight excluding hydrogens is 270 g/mol. The largest absolute Gasteiger partial charge is 0.495 e. The monoisotopic (exact) mass is 291 g/mol. The van der Waals surface area contributed by atoms with Gasteiger partial charge in [-0.1, -0.05) is 26.0 Å². The lowest BCUT2D eigenvalue weighted by molar-refractivity contribution is -0.140. The van der Waals surface area contributed by atoms with Gasteiger partial charge >= 0.3 is 5.97 Å². The molecule has 0 saturated heterocycles. The van der Waals surface area contributed by atoms with Crippen LogP contribution in [0.3, 0.4) is 0 Å². The van der Waals surface area contributed by atoms with Crippen LogP contribution in [0.5, 0.6) is 5.75 Å². The lowest BCUT2D eigenvalue weighted by Gasteiger charge is -2.11. The number of hydrogen-bond acceptors (Lipinski definition) is 5. The van der Waals surface area contributed by atoms with Crippen molar-refractivity contribution in [1.29, 1.82) is 0 Å². The Morgan fingerprint density at radius 1 is 1.29 bits per heavy atom. The van der Waals surface area contributed by atoms with Crippen molar-refractivity contribution in [3.05, 3.63) is 36.0 Å². The Labute approximate surface area is 124 Å². The van der Waals surface area contributed by atoms with E-state index in [-0.39, 0.29) is 23.9 Å². The Bertz CT molecular complexity index is 535. The lowest BCUT2D eigenvalue weighted by atomic mass is 10.0. The molecule has 1 aromatic rings. The molecule has 5 heteroatoms. The molecule has 0 saturated carbocycles. The minimum absolute atomic E-state index is 0.00208. The van der Waals surface area contributed by atoms with Gasteiger partial charge in [0, 0.05) is 12.1 Å². The van der Waals surface area contributed by atoms with Crippen molar-refractivity contribution < 1.29 is 19.1 Å². The molecule has 0 radical (unpaired) electrons. The number of hydrogen-bond donors (Lipinski definition) is 1. The van der Waals surface area contributed by atoms with Crippen LogP contribution >= 0.6 is 0 Å². The first kappa shape index (κ1) is 16.8. The summed E-state index contributed by atoms with van der Waals surface area (Å²) >= 11 is 0. The quantitative estimate of drug-likeness (QED) is 0.362. The number of Topliss-reactive ketones (excluding diaryl/α,β-unsaturated/α-hetero) is 1. The number of esters is 1. The van der Waals surface area contributed by atoms with Gasteiger partial charge in [-0.3, -0.25) is 4.79 Å². The summed E-state index contributed by atoms with van der Waals surface area (Å²) in [6.07, 6.45) is 1.37. The van der Waals surface area contributed by atoms with E-state index in [1.165, 1.54) is 6.20 Å². The second-order valence-electron chi connectivity index (χ2n) is 4.64. The Morgan fingerprint density at radius 2 is 1.95 bits per heavy atom. The third-order valence-corrected chi connectivity index (χ3v) is 2.76. The van der Waals surface area contributed by atoms with Crippen molar-refractivity contribution in [3.63, 3.8) is 0 Å². The van der Waals surface area contributed by atoms with Crippen molar-refractivity contribution >= 4 is 17.4 Å². The molecule has 1 aromatic carbocycles. The van der Waals surface area contributed by atoms with Crippen LogP contribution in [0, 0.1) is 5.92 Å². The molecular formula is C16H21NO4. The molecule has 0 atom stereocenters. The first-order valence-electron chi connectivity index (χ1n) is 6.82. The van der Waals surface area contributed by atoms with Crippen molar-refractivity contribution in [1.82, 2.24) is 0 Å². The average molecular weight is 291 g/mol. The van der Waals surface area contributed by atoms with E-state index < -0.39 is 5.97 Å². The summed E-state index contributed by atoms with van der Waals surface area (Å²) in [5, 5.41) is 2.93. The number of carbonyl (C=O) groups is 2. The maximum absolute atomic E-state index is 12.1. The molecule has 1 N–H and O–H groups in total. The predicted octanol–water partition coefficient (Wildman–Crippen LogP) is 2.78. The predicted molar refractivity (Wildman–Crippen MR) is 81.2 cm³/mol. The summed E-state index contributed by atoms with van der Waals surface area (Å²) in [5.41, 5.74) is 0.663. The van der Waals surface area contributed by atoms with E-state index in [0.717, 1.165) is 0 Å². The smallest absolute Gasteiger partial charge is 0.343 e. The van der Waals surface area contributed by atoms with Crippen LogP contribution < -0.4 is 10.1 Å². The van der Waals surface area contributed by atoms with Gasteiger partial charge in [0.05, 0.1) is 19.4 Å². The Hall–Kier alpha value is -2.30. The molecule has 0 heterocycles. The van der Waals surface area contributed by atoms with Gasteiger partial charge < -0.3 is 14.8 Å². The zero-order valence-corrected chi connectivity index (χ0v) is 12.8. The van der Waals surface area contributed by atoms with Gasteiger partial charge in [0.1, 0.15) is 11.3 Å². The zero-order chi connectivity index (χ0) is 15.8. The van der Waals surface area contributed by atoms with Crippen molar-refractivity contribution in [2.24, 2.45) is 5.92 Å². The minimum atomic E-state index is -0.626. The van der Waals surface area contributed by atoms with Crippen LogP contribution in [0.25, 0.3) is 0 Å². The van der Waals surface area contributed by atoms with Crippen LogP contribution in [0.4, 0.5) is 5.69 Å². The Kier molecular flexibility index (Phi) is 6.46. The van der Waals surface area contributed by atoms with Gasteiger partial charge in [-0.15, -0.1) is 0 Å². The summed E-state index contributed by atoms with van der Waals surface area (Å²) in [5.74, 6) is -0.566. The molecule has 0 aliphatic carbocycles. The molecule has 0 aliphatic heterocycles. The number of ether oxygens (including phenoxy) is 2.